The Morgan fingerprint density at radius 3 is 2.15 bits per heavy atom. The first kappa shape index (κ1) is 14.1. The third-order valence-electron chi connectivity index (χ3n) is 3.36. The lowest BCUT2D eigenvalue weighted by atomic mass is 10.1. The summed E-state index contributed by atoms with van der Waals surface area (Å²) < 4.78 is 0. The molecular formula is C19H21N. The van der Waals surface area contributed by atoms with Crippen LogP contribution >= 0.6 is 0 Å². The van der Waals surface area contributed by atoms with E-state index >= 15 is 0 Å². The maximum Gasteiger partial charge on any atom is 0.0458 e. The number of anilines is 2. The molecule has 0 amide bonds. The molecule has 0 aliphatic carbocycles. The van der Waals surface area contributed by atoms with Crippen LogP contribution in [-0.4, -0.2) is 0 Å². The van der Waals surface area contributed by atoms with Gasteiger partial charge in [-0.1, -0.05) is 42.5 Å². The monoisotopic (exact) mass is 263 g/mol. The number of para-hydroxylation sites is 1. The lowest BCUT2D eigenvalue weighted by Gasteiger charge is -2.26. The summed E-state index contributed by atoms with van der Waals surface area (Å²) in [5.41, 5.74) is 4.86. The molecule has 0 aliphatic rings. The largest absolute Gasteiger partial charge is 0.315 e. The van der Waals surface area contributed by atoms with Gasteiger partial charge in [-0.15, -0.1) is 6.58 Å². The van der Waals surface area contributed by atoms with Gasteiger partial charge in [0.2, 0.25) is 0 Å². The average Bonchev–Trinajstić information content (AvgIpc) is 2.50. The van der Waals surface area contributed by atoms with Crippen molar-refractivity contribution >= 4 is 11.4 Å². The summed E-state index contributed by atoms with van der Waals surface area (Å²) in [5.74, 6) is 0. The van der Waals surface area contributed by atoms with Crippen molar-refractivity contribution in [3.05, 3.63) is 84.6 Å². The first-order chi connectivity index (χ1) is 9.76. The van der Waals surface area contributed by atoms with Crippen molar-refractivity contribution in [3.63, 3.8) is 0 Å². The lowest BCUT2D eigenvalue weighted by molar-refractivity contribution is 1.14. The maximum absolute atomic E-state index is 3.78. The van der Waals surface area contributed by atoms with E-state index < -0.39 is 0 Å². The molecule has 0 unspecified atom stereocenters. The van der Waals surface area contributed by atoms with Crippen molar-refractivity contribution < 1.29 is 0 Å². The number of benzene rings is 2. The summed E-state index contributed by atoms with van der Waals surface area (Å²) in [4.78, 5) is 2.26. The molecule has 1 heteroatoms. The van der Waals surface area contributed by atoms with Gasteiger partial charge < -0.3 is 4.90 Å². The second-order valence-electron chi connectivity index (χ2n) is 4.76. The normalized spacial score (nSPS) is 11.2. The van der Waals surface area contributed by atoms with E-state index in [4.69, 9.17) is 0 Å². The summed E-state index contributed by atoms with van der Waals surface area (Å²) >= 11 is 0. The quantitative estimate of drug-likeness (QED) is 0.646. The van der Waals surface area contributed by atoms with Gasteiger partial charge in [-0.3, -0.25) is 0 Å². The van der Waals surface area contributed by atoms with E-state index in [9.17, 15) is 0 Å². The Morgan fingerprint density at radius 1 is 1.00 bits per heavy atom. The Bertz CT molecular complexity index is 579. The molecule has 0 radical (unpaired) electrons. The van der Waals surface area contributed by atoms with Crippen LogP contribution in [0.2, 0.25) is 0 Å². The van der Waals surface area contributed by atoms with Gasteiger partial charge in [-0.2, -0.15) is 0 Å². The molecule has 0 atom stereocenters. The van der Waals surface area contributed by atoms with Crippen LogP contribution < -0.4 is 4.90 Å². The van der Waals surface area contributed by atoms with E-state index in [1.165, 1.54) is 22.6 Å². The van der Waals surface area contributed by atoms with Crippen LogP contribution in [-0.2, 0) is 6.42 Å². The first-order valence-electron chi connectivity index (χ1n) is 6.94. The highest BCUT2D eigenvalue weighted by molar-refractivity contribution is 5.68. The van der Waals surface area contributed by atoms with Crippen molar-refractivity contribution in [2.75, 3.05) is 4.90 Å². The Kier molecular flexibility index (Phi) is 4.78. The minimum absolute atomic E-state index is 0.911. The molecule has 0 bridgehead atoms. The predicted molar refractivity (Wildman–Crippen MR) is 88.4 cm³/mol. The highest BCUT2D eigenvalue weighted by Crippen LogP contribution is 2.29. The van der Waals surface area contributed by atoms with Crippen LogP contribution in [0.15, 0.2) is 79.0 Å². The molecule has 102 valence electrons. The van der Waals surface area contributed by atoms with E-state index in [1.807, 2.05) is 12.1 Å². The number of hydrogen-bond acceptors (Lipinski definition) is 1. The van der Waals surface area contributed by atoms with Gasteiger partial charge in [0.05, 0.1) is 0 Å². The summed E-state index contributed by atoms with van der Waals surface area (Å²) in [7, 11) is 0. The van der Waals surface area contributed by atoms with Gasteiger partial charge >= 0.3 is 0 Å². The van der Waals surface area contributed by atoms with E-state index in [0.29, 0.717) is 0 Å². The molecule has 0 saturated heterocycles. The average molecular weight is 263 g/mol. The zero-order valence-electron chi connectivity index (χ0n) is 12.2. The fourth-order valence-electron chi connectivity index (χ4n) is 2.21. The van der Waals surface area contributed by atoms with E-state index in [0.717, 1.165) is 6.42 Å². The molecular weight excluding hydrogens is 242 g/mol. The first-order valence-corrected chi connectivity index (χ1v) is 6.94. The Balaban J connectivity index is 2.39. The third-order valence-corrected chi connectivity index (χ3v) is 3.36. The number of hydrogen-bond donors (Lipinski definition) is 0. The van der Waals surface area contributed by atoms with Gasteiger partial charge in [-0.05, 0) is 50.1 Å². The zero-order chi connectivity index (χ0) is 14.4. The van der Waals surface area contributed by atoms with Crippen molar-refractivity contribution in [1.82, 2.24) is 0 Å². The number of allylic oxidation sites excluding steroid dienone is 3. The van der Waals surface area contributed by atoms with Gasteiger partial charge in [0.1, 0.15) is 0 Å². The van der Waals surface area contributed by atoms with Gasteiger partial charge in [0, 0.05) is 17.1 Å². The summed E-state index contributed by atoms with van der Waals surface area (Å²) in [6.07, 6.45) is 4.97. The molecule has 0 aromatic heterocycles. The minimum Gasteiger partial charge on any atom is -0.315 e. The van der Waals surface area contributed by atoms with Gasteiger partial charge in [0.25, 0.3) is 0 Å². The second-order valence-corrected chi connectivity index (χ2v) is 4.76. The molecule has 0 saturated carbocycles. The summed E-state index contributed by atoms with van der Waals surface area (Å²) in [6, 6.07) is 19.1. The van der Waals surface area contributed by atoms with Crippen LogP contribution in [0.3, 0.4) is 0 Å². The van der Waals surface area contributed by atoms with E-state index in [2.05, 4.69) is 79.9 Å². The highest BCUT2D eigenvalue weighted by atomic mass is 15.1. The van der Waals surface area contributed by atoms with Crippen LogP contribution in [0.1, 0.15) is 19.4 Å². The molecule has 20 heavy (non-hydrogen) atoms. The van der Waals surface area contributed by atoms with E-state index in [-0.39, 0.29) is 0 Å². The minimum atomic E-state index is 0.911. The van der Waals surface area contributed by atoms with Gasteiger partial charge in [0.15, 0.2) is 0 Å². The van der Waals surface area contributed by atoms with Gasteiger partial charge in [-0.25, -0.2) is 0 Å². The molecule has 0 N–H and O–H groups in total. The van der Waals surface area contributed by atoms with Crippen LogP contribution in [0, 0.1) is 0 Å². The van der Waals surface area contributed by atoms with E-state index in [1.54, 1.807) is 0 Å². The van der Waals surface area contributed by atoms with Crippen LogP contribution in [0.5, 0.6) is 0 Å². The van der Waals surface area contributed by atoms with Crippen molar-refractivity contribution in [2.24, 2.45) is 0 Å². The smallest absolute Gasteiger partial charge is 0.0458 e. The molecule has 0 spiro atoms. The summed E-state index contributed by atoms with van der Waals surface area (Å²) in [5, 5.41) is 0. The summed E-state index contributed by atoms with van der Waals surface area (Å²) in [6.45, 7) is 7.98. The van der Waals surface area contributed by atoms with Crippen molar-refractivity contribution in [2.45, 2.75) is 20.3 Å². The fraction of sp³-hybridized carbons (Fsp3) is 0.158. The lowest BCUT2D eigenvalue weighted by Crippen LogP contribution is -2.14. The molecule has 1 nitrogen and oxygen atoms in total. The second kappa shape index (κ2) is 6.76. The Labute approximate surface area is 121 Å². The molecule has 2 aromatic carbocycles. The Hall–Kier alpha value is -2.28. The van der Waals surface area contributed by atoms with Crippen molar-refractivity contribution in [3.8, 4) is 0 Å². The zero-order valence-corrected chi connectivity index (χ0v) is 12.2. The fourth-order valence-corrected chi connectivity index (χ4v) is 2.21. The molecule has 2 rings (SSSR count). The number of rotatable bonds is 5. The molecule has 0 aliphatic heterocycles. The number of nitrogens with zero attached hydrogens (tertiary/aromatic N) is 1. The molecule has 0 heterocycles. The SMILES string of the molecule is C=CCc1ccc(N(/C(C)=C/C)c2ccccc2)cc1. The highest BCUT2D eigenvalue weighted by Gasteiger charge is 2.10. The van der Waals surface area contributed by atoms with Crippen LogP contribution in [0.4, 0.5) is 11.4 Å². The third kappa shape index (κ3) is 3.18. The van der Waals surface area contributed by atoms with Crippen LogP contribution in [0.25, 0.3) is 0 Å². The molecule has 2 aromatic rings. The van der Waals surface area contributed by atoms with Crippen molar-refractivity contribution in [1.29, 1.82) is 0 Å². The standard InChI is InChI=1S/C19H21N/c1-4-9-17-12-14-19(15-13-17)20(16(3)5-2)18-10-7-6-8-11-18/h4-8,10-15H,1,9H2,2-3H3/b16-5+. The topological polar surface area (TPSA) is 3.24 Å². The maximum atomic E-state index is 3.78. The Morgan fingerprint density at radius 2 is 1.60 bits per heavy atom. The predicted octanol–water partition coefficient (Wildman–Crippen LogP) is 5.48. The molecule has 0 fully saturated rings.